The van der Waals surface area contributed by atoms with Gasteiger partial charge in [0.25, 0.3) is 0 Å². The first-order valence-corrected chi connectivity index (χ1v) is 7.69. The highest BCUT2D eigenvalue weighted by Gasteiger charge is 2.28. The van der Waals surface area contributed by atoms with Gasteiger partial charge < -0.3 is 14.9 Å². The first-order chi connectivity index (χ1) is 9.19. The number of unbranched alkanes of at least 4 members (excludes halogenated alkanes) is 3. The molecule has 0 spiro atoms. The van der Waals surface area contributed by atoms with Crippen LogP contribution in [0.4, 0.5) is 0 Å². The Morgan fingerprint density at radius 1 is 0.950 bits per heavy atom. The van der Waals surface area contributed by atoms with Crippen molar-refractivity contribution in [2.45, 2.75) is 78.2 Å². The fourth-order valence-electron chi connectivity index (χ4n) is 2.00. The summed E-state index contributed by atoms with van der Waals surface area (Å²) in [5, 5.41) is 18.4. The molecule has 0 atom stereocenters. The van der Waals surface area contributed by atoms with Crippen LogP contribution in [0.3, 0.4) is 0 Å². The number of aliphatic hydroxyl groups is 2. The van der Waals surface area contributed by atoms with Gasteiger partial charge in [0.05, 0.1) is 17.6 Å². The largest absolute Gasteiger partial charge is 0.465 e. The van der Waals surface area contributed by atoms with Crippen LogP contribution in [-0.2, 0) is 9.53 Å². The molecule has 4 heteroatoms. The third-order valence-electron chi connectivity index (χ3n) is 3.43. The zero-order chi connectivity index (χ0) is 15.6. The molecule has 0 fully saturated rings. The van der Waals surface area contributed by atoms with Crippen LogP contribution in [-0.4, -0.2) is 35.0 Å². The minimum atomic E-state index is -0.580. The van der Waals surface area contributed by atoms with Crippen molar-refractivity contribution >= 4 is 5.97 Å². The Hall–Kier alpha value is -0.610. The molecule has 0 unspecified atom stereocenters. The molecule has 4 nitrogen and oxygen atoms in total. The van der Waals surface area contributed by atoms with Crippen molar-refractivity contribution in [1.82, 2.24) is 0 Å². The van der Waals surface area contributed by atoms with Gasteiger partial charge in [-0.2, -0.15) is 0 Å². The molecule has 2 N–H and O–H groups in total. The lowest BCUT2D eigenvalue weighted by atomic mass is 9.88. The minimum Gasteiger partial charge on any atom is -0.465 e. The van der Waals surface area contributed by atoms with Gasteiger partial charge in [0.2, 0.25) is 0 Å². The first kappa shape index (κ1) is 19.4. The van der Waals surface area contributed by atoms with Gasteiger partial charge in [-0.3, -0.25) is 4.79 Å². The van der Waals surface area contributed by atoms with E-state index in [1.807, 2.05) is 27.7 Å². The quantitative estimate of drug-likeness (QED) is 0.453. The molecule has 0 bridgehead atoms. The summed E-state index contributed by atoms with van der Waals surface area (Å²) in [7, 11) is 0. The van der Waals surface area contributed by atoms with Crippen molar-refractivity contribution in [3.63, 3.8) is 0 Å². The van der Waals surface area contributed by atoms with E-state index in [1.54, 1.807) is 0 Å². The third kappa shape index (κ3) is 10.2. The molecule has 0 amide bonds. The second-order valence-electron chi connectivity index (χ2n) is 6.82. The van der Waals surface area contributed by atoms with Crippen LogP contribution in [0.25, 0.3) is 0 Å². The lowest BCUT2D eigenvalue weighted by Crippen LogP contribution is -2.27. The molecule has 0 aliphatic carbocycles. The molecule has 20 heavy (non-hydrogen) atoms. The molecule has 0 heterocycles. The summed E-state index contributed by atoms with van der Waals surface area (Å²) in [4.78, 5) is 11.9. The molecule has 0 saturated heterocycles. The second-order valence-corrected chi connectivity index (χ2v) is 6.82. The molecule has 0 aromatic carbocycles. The number of hydrogen-bond acceptors (Lipinski definition) is 4. The Bertz CT molecular complexity index is 266. The lowest BCUT2D eigenvalue weighted by molar-refractivity contribution is -0.154. The summed E-state index contributed by atoms with van der Waals surface area (Å²) in [5.41, 5.74) is -1.09. The molecular weight excluding hydrogens is 256 g/mol. The number of carbonyl (C=O) groups is 1. The average molecular weight is 288 g/mol. The maximum Gasteiger partial charge on any atom is 0.311 e. The van der Waals surface area contributed by atoms with Gasteiger partial charge in [-0.25, -0.2) is 0 Å². The molecule has 0 rings (SSSR count). The van der Waals surface area contributed by atoms with E-state index in [1.165, 1.54) is 0 Å². The highest BCUT2D eigenvalue weighted by Crippen LogP contribution is 2.24. The fraction of sp³-hybridized carbons (Fsp3) is 0.938. The average Bonchev–Trinajstić information content (AvgIpc) is 2.33. The number of aliphatic hydroxyl groups excluding tert-OH is 1. The van der Waals surface area contributed by atoms with Crippen molar-refractivity contribution in [3.8, 4) is 0 Å². The van der Waals surface area contributed by atoms with Crippen molar-refractivity contribution in [2.24, 2.45) is 5.41 Å². The van der Waals surface area contributed by atoms with Gasteiger partial charge in [-0.05, 0) is 53.4 Å². The van der Waals surface area contributed by atoms with Crippen molar-refractivity contribution in [1.29, 1.82) is 0 Å². The fourth-order valence-corrected chi connectivity index (χ4v) is 2.00. The molecular formula is C16H32O4. The van der Waals surface area contributed by atoms with Crippen molar-refractivity contribution in [3.05, 3.63) is 0 Å². The van der Waals surface area contributed by atoms with E-state index < -0.39 is 11.0 Å². The smallest absolute Gasteiger partial charge is 0.311 e. The first-order valence-electron chi connectivity index (χ1n) is 7.69. The Morgan fingerprint density at radius 3 is 2.10 bits per heavy atom. The molecule has 120 valence electrons. The normalized spacial score (nSPS) is 12.5. The van der Waals surface area contributed by atoms with Crippen LogP contribution >= 0.6 is 0 Å². The maximum absolute atomic E-state index is 11.9. The molecule has 0 aromatic rings. The third-order valence-corrected chi connectivity index (χ3v) is 3.43. The van der Waals surface area contributed by atoms with Crippen molar-refractivity contribution < 1.29 is 19.7 Å². The monoisotopic (exact) mass is 288 g/mol. The van der Waals surface area contributed by atoms with Gasteiger partial charge in [-0.1, -0.05) is 19.3 Å². The topological polar surface area (TPSA) is 66.8 Å². The summed E-state index contributed by atoms with van der Waals surface area (Å²) >= 11 is 0. The van der Waals surface area contributed by atoms with Gasteiger partial charge in [0, 0.05) is 6.61 Å². The lowest BCUT2D eigenvalue weighted by Gasteiger charge is -2.22. The summed E-state index contributed by atoms with van der Waals surface area (Å²) in [6.45, 7) is 7.93. The molecule has 0 aromatic heterocycles. The van der Waals surface area contributed by atoms with Crippen LogP contribution in [0.15, 0.2) is 0 Å². The van der Waals surface area contributed by atoms with E-state index in [0.29, 0.717) is 19.4 Å². The molecule has 0 aliphatic rings. The zero-order valence-electron chi connectivity index (χ0n) is 13.6. The van der Waals surface area contributed by atoms with E-state index in [0.717, 1.165) is 32.1 Å². The van der Waals surface area contributed by atoms with Gasteiger partial charge >= 0.3 is 5.97 Å². The molecule has 0 radical (unpaired) electrons. The zero-order valence-corrected chi connectivity index (χ0v) is 13.6. The van der Waals surface area contributed by atoms with Gasteiger partial charge in [0.15, 0.2) is 0 Å². The van der Waals surface area contributed by atoms with Crippen LogP contribution in [0, 0.1) is 5.41 Å². The van der Waals surface area contributed by atoms with E-state index >= 15 is 0 Å². The van der Waals surface area contributed by atoms with E-state index in [-0.39, 0.29) is 12.6 Å². The molecule has 0 saturated carbocycles. The van der Waals surface area contributed by atoms with Crippen molar-refractivity contribution in [2.75, 3.05) is 13.2 Å². The van der Waals surface area contributed by atoms with Crippen LogP contribution < -0.4 is 0 Å². The number of rotatable bonds is 11. The number of esters is 1. The minimum absolute atomic E-state index is 0.109. The van der Waals surface area contributed by atoms with E-state index in [9.17, 15) is 9.90 Å². The Labute approximate surface area is 123 Å². The predicted molar refractivity (Wildman–Crippen MR) is 80.4 cm³/mol. The summed E-state index contributed by atoms with van der Waals surface area (Å²) in [5.74, 6) is -0.178. The number of carbonyl (C=O) groups excluding carboxylic acids is 1. The number of ether oxygens (including phenoxy) is 1. The van der Waals surface area contributed by atoms with E-state index in [2.05, 4.69) is 0 Å². The van der Waals surface area contributed by atoms with E-state index in [4.69, 9.17) is 9.84 Å². The second kappa shape index (κ2) is 9.35. The summed E-state index contributed by atoms with van der Waals surface area (Å²) in [6, 6.07) is 0. The highest BCUT2D eigenvalue weighted by molar-refractivity contribution is 5.75. The number of hydrogen-bond donors (Lipinski definition) is 2. The molecule has 0 aliphatic heterocycles. The summed E-state index contributed by atoms with van der Waals surface area (Å²) in [6.07, 6.45) is 6.01. The highest BCUT2D eigenvalue weighted by atomic mass is 16.5. The van der Waals surface area contributed by atoms with Crippen LogP contribution in [0.5, 0.6) is 0 Å². The maximum atomic E-state index is 11.9. The SMILES string of the molecule is CC(C)(O)CCCCCCOC(=O)C(C)(C)CCCO. The summed E-state index contributed by atoms with van der Waals surface area (Å²) < 4.78 is 5.28. The Morgan fingerprint density at radius 2 is 1.55 bits per heavy atom. The van der Waals surface area contributed by atoms with Crippen LogP contribution in [0.1, 0.15) is 72.6 Å². The van der Waals surface area contributed by atoms with Gasteiger partial charge in [-0.15, -0.1) is 0 Å². The van der Waals surface area contributed by atoms with Crippen LogP contribution in [0.2, 0.25) is 0 Å². The Kier molecular flexibility index (Phi) is 9.06. The Balaban J connectivity index is 3.62. The standard InChI is InChI=1S/C16H32O4/c1-15(2,10-9-12-17)14(18)20-13-8-6-5-7-11-16(3,4)19/h17,19H,5-13H2,1-4H3. The van der Waals surface area contributed by atoms with Gasteiger partial charge in [0.1, 0.15) is 0 Å². The predicted octanol–water partition coefficient (Wildman–Crippen LogP) is 3.05.